The summed E-state index contributed by atoms with van der Waals surface area (Å²) in [7, 11) is 1.52. The van der Waals surface area contributed by atoms with E-state index in [2.05, 4.69) is 0 Å². The topological polar surface area (TPSA) is 76.1 Å². The monoisotopic (exact) mass is 311 g/mol. The minimum atomic E-state index is -0.977. The maximum atomic E-state index is 13.4. The van der Waals surface area contributed by atoms with Gasteiger partial charge in [-0.1, -0.05) is 12.1 Å². The second-order valence-electron chi connectivity index (χ2n) is 5.11. The van der Waals surface area contributed by atoms with Crippen molar-refractivity contribution in [2.24, 2.45) is 0 Å². The number of hydrogen-bond acceptors (Lipinski definition) is 4. The highest BCUT2D eigenvalue weighted by Gasteiger charge is 2.36. The summed E-state index contributed by atoms with van der Waals surface area (Å²) in [6.45, 7) is -0.0264. The third-order valence-corrected chi connectivity index (χ3v) is 3.63. The van der Waals surface area contributed by atoms with Crippen LogP contribution in [0.15, 0.2) is 24.3 Å². The Balaban J connectivity index is 1.97. The van der Waals surface area contributed by atoms with E-state index in [1.807, 2.05) is 0 Å². The lowest BCUT2D eigenvalue weighted by Gasteiger charge is -2.23. The first kappa shape index (κ1) is 16.2. The van der Waals surface area contributed by atoms with Crippen molar-refractivity contribution in [2.45, 2.75) is 25.0 Å². The lowest BCUT2D eigenvalue weighted by Crippen LogP contribution is -2.40. The van der Waals surface area contributed by atoms with E-state index in [9.17, 15) is 14.0 Å². The molecule has 0 aromatic heterocycles. The normalized spacial score (nSPS) is 20.9. The predicted molar refractivity (Wildman–Crippen MR) is 75.1 cm³/mol. The van der Waals surface area contributed by atoms with Gasteiger partial charge in [0.25, 0.3) is 5.91 Å². The van der Waals surface area contributed by atoms with Gasteiger partial charge in [0.05, 0.1) is 12.5 Å². The SMILES string of the molecule is COC1CC(CC(=O)O)N(C(=O)COc2ccccc2F)C1. The smallest absolute Gasteiger partial charge is 0.305 e. The molecule has 22 heavy (non-hydrogen) atoms. The molecule has 2 atom stereocenters. The number of aliphatic carboxylic acids is 1. The summed E-state index contributed by atoms with van der Waals surface area (Å²) in [6.07, 6.45) is 0.126. The number of carbonyl (C=O) groups excluding carboxylic acids is 1. The van der Waals surface area contributed by atoms with E-state index < -0.39 is 17.8 Å². The Morgan fingerprint density at radius 3 is 2.77 bits per heavy atom. The fourth-order valence-electron chi connectivity index (χ4n) is 2.53. The summed E-state index contributed by atoms with van der Waals surface area (Å²) in [5, 5.41) is 8.92. The molecule has 7 heteroatoms. The fourth-order valence-corrected chi connectivity index (χ4v) is 2.53. The van der Waals surface area contributed by atoms with Crippen LogP contribution in [0.4, 0.5) is 4.39 Å². The van der Waals surface area contributed by atoms with E-state index >= 15 is 0 Å². The van der Waals surface area contributed by atoms with Crippen molar-refractivity contribution in [1.82, 2.24) is 4.90 Å². The first-order valence-corrected chi connectivity index (χ1v) is 6.92. The van der Waals surface area contributed by atoms with E-state index in [4.69, 9.17) is 14.6 Å². The highest BCUT2D eigenvalue weighted by Crippen LogP contribution is 2.23. The Morgan fingerprint density at radius 2 is 2.14 bits per heavy atom. The van der Waals surface area contributed by atoms with Crippen LogP contribution in [0.3, 0.4) is 0 Å². The molecule has 1 aromatic rings. The van der Waals surface area contributed by atoms with Crippen LogP contribution in [-0.2, 0) is 14.3 Å². The molecule has 6 nitrogen and oxygen atoms in total. The molecule has 2 rings (SSSR count). The molecule has 1 heterocycles. The second-order valence-corrected chi connectivity index (χ2v) is 5.11. The Bertz CT molecular complexity index is 550. The van der Waals surface area contributed by atoms with Crippen LogP contribution in [0, 0.1) is 5.82 Å². The number of halogens is 1. The van der Waals surface area contributed by atoms with Crippen LogP contribution < -0.4 is 4.74 Å². The summed E-state index contributed by atoms with van der Waals surface area (Å²) < 4.78 is 23.8. The van der Waals surface area contributed by atoms with Crippen LogP contribution in [0.25, 0.3) is 0 Å². The Kier molecular flexibility index (Phi) is 5.32. The zero-order chi connectivity index (χ0) is 16.1. The molecule has 1 saturated heterocycles. The third-order valence-electron chi connectivity index (χ3n) is 3.63. The summed E-state index contributed by atoms with van der Waals surface area (Å²) >= 11 is 0. The van der Waals surface area contributed by atoms with Crippen LogP contribution >= 0.6 is 0 Å². The van der Waals surface area contributed by atoms with Crippen molar-refractivity contribution in [3.63, 3.8) is 0 Å². The third kappa shape index (κ3) is 3.94. The standard InChI is InChI=1S/C15H18FNO5/c1-21-11-6-10(7-15(19)20)17(8-11)14(18)9-22-13-5-3-2-4-12(13)16/h2-5,10-11H,6-9H2,1H3,(H,19,20). The van der Waals surface area contributed by atoms with Crippen LogP contribution in [-0.4, -0.2) is 54.3 Å². The average Bonchev–Trinajstić information content (AvgIpc) is 2.88. The Morgan fingerprint density at radius 1 is 1.41 bits per heavy atom. The molecule has 0 saturated carbocycles. The number of carboxylic acids is 1. The number of nitrogens with zero attached hydrogens (tertiary/aromatic N) is 1. The van der Waals surface area contributed by atoms with Crippen LogP contribution in [0.2, 0.25) is 0 Å². The Hall–Kier alpha value is -2.15. The Labute approximate surface area is 127 Å². The van der Waals surface area contributed by atoms with Crippen molar-refractivity contribution in [1.29, 1.82) is 0 Å². The van der Waals surface area contributed by atoms with Gasteiger partial charge in [0.1, 0.15) is 0 Å². The molecule has 1 N–H and O–H groups in total. The van der Waals surface area contributed by atoms with Gasteiger partial charge in [-0.25, -0.2) is 4.39 Å². The summed E-state index contributed by atoms with van der Waals surface area (Å²) in [5.41, 5.74) is 0. The number of ether oxygens (including phenoxy) is 2. The molecule has 0 spiro atoms. The molecule has 1 aliphatic heterocycles. The predicted octanol–water partition coefficient (Wildman–Crippen LogP) is 1.30. The van der Waals surface area contributed by atoms with E-state index in [1.54, 1.807) is 6.07 Å². The van der Waals surface area contributed by atoms with Gasteiger partial charge in [-0.05, 0) is 18.6 Å². The lowest BCUT2D eigenvalue weighted by molar-refractivity contribution is -0.140. The van der Waals surface area contributed by atoms with E-state index in [0.717, 1.165) is 0 Å². The highest BCUT2D eigenvalue weighted by atomic mass is 19.1. The molecule has 0 radical (unpaired) electrons. The number of likely N-dealkylation sites (tertiary alicyclic amines) is 1. The minimum absolute atomic E-state index is 0.00637. The van der Waals surface area contributed by atoms with Gasteiger partial charge in [0.15, 0.2) is 18.2 Å². The number of hydrogen-bond donors (Lipinski definition) is 1. The molecule has 1 aliphatic rings. The van der Waals surface area contributed by atoms with E-state index in [0.29, 0.717) is 13.0 Å². The van der Waals surface area contributed by atoms with Crippen molar-refractivity contribution < 1.29 is 28.6 Å². The van der Waals surface area contributed by atoms with Gasteiger partial charge in [-0.2, -0.15) is 0 Å². The average molecular weight is 311 g/mol. The van der Waals surface area contributed by atoms with E-state index in [1.165, 1.54) is 30.2 Å². The molecular weight excluding hydrogens is 293 g/mol. The zero-order valence-corrected chi connectivity index (χ0v) is 12.2. The molecule has 1 amide bonds. The number of amides is 1. The molecule has 0 bridgehead atoms. The zero-order valence-electron chi connectivity index (χ0n) is 12.2. The summed E-state index contributed by atoms with van der Waals surface area (Å²) in [6, 6.07) is 5.37. The number of rotatable bonds is 6. The quantitative estimate of drug-likeness (QED) is 0.857. The van der Waals surface area contributed by atoms with Crippen molar-refractivity contribution in [2.75, 3.05) is 20.3 Å². The second kappa shape index (κ2) is 7.22. The number of para-hydroxylation sites is 1. The summed E-state index contributed by atoms with van der Waals surface area (Å²) in [4.78, 5) is 24.5. The maximum Gasteiger partial charge on any atom is 0.305 e. The van der Waals surface area contributed by atoms with Gasteiger partial charge < -0.3 is 19.5 Å². The summed E-state index contributed by atoms with van der Waals surface area (Å²) in [5.74, 6) is -1.91. The van der Waals surface area contributed by atoms with Crippen LogP contribution in [0.1, 0.15) is 12.8 Å². The lowest BCUT2D eigenvalue weighted by atomic mass is 10.1. The molecule has 1 aromatic carbocycles. The van der Waals surface area contributed by atoms with Crippen molar-refractivity contribution >= 4 is 11.9 Å². The van der Waals surface area contributed by atoms with Gasteiger partial charge >= 0.3 is 5.97 Å². The molecule has 120 valence electrons. The number of benzene rings is 1. The largest absolute Gasteiger partial charge is 0.481 e. The first-order chi connectivity index (χ1) is 10.5. The van der Waals surface area contributed by atoms with Crippen molar-refractivity contribution in [3.05, 3.63) is 30.1 Å². The minimum Gasteiger partial charge on any atom is -0.481 e. The van der Waals surface area contributed by atoms with Crippen molar-refractivity contribution in [3.8, 4) is 5.75 Å². The highest BCUT2D eigenvalue weighted by molar-refractivity contribution is 5.79. The molecule has 0 aliphatic carbocycles. The molecular formula is C15H18FNO5. The van der Waals surface area contributed by atoms with E-state index in [-0.39, 0.29) is 30.8 Å². The number of methoxy groups -OCH3 is 1. The van der Waals surface area contributed by atoms with Gasteiger partial charge in [-0.15, -0.1) is 0 Å². The molecule has 1 fully saturated rings. The number of carboxylic acid groups (broad SMARTS) is 1. The number of carbonyl (C=O) groups is 2. The first-order valence-electron chi connectivity index (χ1n) is 6.92. The van der Waals surface area contributed by atoms with Crippen LogP contribution in [0.5, 0.6) is 5.75 Å². The fraction of sp³-hybridized carbons (Fsp3) is 0.467. The molecule has 2 unspecified atom stereocenters. The van der Waals surface area contributed by atoms with Gasteiger partial charge in [-0.3, -0.25) is 9.59 Å². The van der Waals surface area contributed by atoms with Gasteiger partial charge in [0, 0.05) is 19.7 Å². The maximum absolute atomic E-state index is 13.4. The van der Waals surface area contributed by atoms with Gasteiger partial charge in [0.2, 0.25) is 0 Å².